The molecule has 8 heteroatoms. The van der Waals surface area contributed by atoms with Crippen molar-refractivity contribution in [3.8, 4) is 0 Å². The van der Waals surface area contributed by atoms with E-state index >= 15 is 0 Å². The summed E-state index contributed by atoms with van der Waals surface area (Å²) in [6, 6.07) is 0. The number of nitrogens with two attached hydrogens (primary N) is 1. The summed E-state index contributed by atoms with van der Waals surface area (Å²) in [7, 11) is -3.53. The second kappa shape index (κ2) is 7.03. The second-order valence-electron chi connectivity index (χ2n) is 4.14. The van der Waals surface area contributed by atoms with Crippen LogP contribution in [0.2, 0.25) is 0 Å². The molecule has 18 heavy (non-hydrogen) atoms. The van der Waals surface area contributed by atoms with Crippen LogP contribution in [0.5, 0.6) is 0 Å². The van der Waals surface area contributed by atoms with Crippen molar-refractivity contribution in [1.82, 2.24) is 9.03 Å². The van der Waals surface area contributed by atoms with Gasteiger partial charge in [0.15, 0.2) is 0 Å². The molecule has 0 bridgehead atoms. The highest BCUT2D eigenvalue weighted by atomic mass is 32.2. The molecule has 3 N–H and O–H groups in total. The molecular formula is C10H21N3O4S. The summed E-state index contributed by atoms with van der Waals surface area (Å²) in [5, 5.41) is 0. The minimum absolute atomic E-state index is 0.179. The fraction of sp³-hybridized carbons (Fsp3) is 0.900. The molecule has 0 aromatic carbocycles. The molecule has 0 radical (unpaired) electrons. The highest BCUT2D eigenvalue weighted by molar-refractivity contribution is 7.87. The van der Waals surface area contributed by atoms with Crippen molar-refractivity contribution >= 4 is 16.2 Å². The number of esters is 1. The quantitative estimate of drug-likeness (QED) is 0.611. The SMILES string of the molecule is CCOC(=O)C1CCCN(S(=O)(=O)NCCN)C1. The van der Waals surface area contributed by atoms with E-state index in [2.05, 4.69) is 4.72 Å². The smallest absolute Gasteiger partial charge is 0.310 e. The molecule has 1 unspecified atom stereocenters. The Labute approximate surface area is 108 Å². The van der Waals surface area contributed by atoms with Gasteiger partial charge in [-0.2, -0.15) is 12.7 Å². The Morgan fingerprint density at radius 1 is 1.56 bits per heavy atom. The topological polar surface area (TPSA) is 102 Å². The molecule has 1 atom stereocenters. The lowest BCUT2D eigenvalue weighted by Crippen LogP contribution is -2.48. The number of piperidine rings is 1. The van der Waals surface area contributed by atoms with Gasteiger partial charge in [-0.25, -0.2) is 4.72 Å². The van der Waals surface area contributed by atoms with Crippen LogP contribution in [0.25, 0.3) is 0 Å². The summed E-state index contributed by atoms with van der Waals surface area (Å²) in [5.74, 6) is -0.690. The van der Waals surface area contributed by atoms with Crippen LogP contribution >= 0.6 is 0 Å². The molecule has 1 heterocycles. The van der Waals surface area contributed by atoms with E-state index < -0.39 is 10.2 Å². The van der Waals surface area contributed by atoms with Gasteiger partial charge in [0.1, 0.15) is 0 Å². The Bertz CT molecular complexity index is 371. The van der Waals surface area contributed by atoms with Crippen LogP contribution in [-0.2, 0) is 19.7 Å². The molecule has 0 aromatic rings. The van der Waals surface area contributed by atoms with Gasteiger partial charge in [0.25, 0.3) is 10.2 Å². The van der Waals surface area contributed by atoms with E-state index in [0.717, 1.165) is 0 Å². The van der Waals surface area contributed by atoms with Crippen LogP contribution in [0.4, 0.5) is 0 Å². The van der Waals surface area contributed by atoms with E-state index in [1.807, 2.05) is 0 Å². The maximum absolute atomic E-state index is 11.9. The zero-order valence-corrected chi connectivity index (χ0v) is 11.4. The summed E-state index contributed by atoms with van der Waals surface area (Å²) in [4.78, 5) is 11.6. The molecule has 1 rings (SSSR count). The number of nitrogens with one attached hydrogen (secondary N) is 1. The predicted molar refractivity (Wildman–Crippen MR) is 66.9 cm³/mol. The van der Waals surface area contributed by atoms with Gasteiger partial charge in [0.05, 0.1) is 12.5 Å². The largest absolute Gasteiger partial charge is 0.466 e. The van der Waals surface area contributed by atoms with Crippen LogP contribution in [0.1, 0.15) is 19.8 Å². The van der Waals surface area contributed by atoms with Gasteiger partial charge in [-0.1, -0.05) is 0 Å². The average molecular weight is 279 g/mol. The number of hydrogen-bond donors (Lipinski definition) is 2. The lowest BCUT2D eigenvalue weighted by atomic mass is 10.0. The van der Waals surface area contributed by atoms with Crippen molar-refractivity contribution < 1.29 is 17.9 Å². The number of rotatable bonds is 6. The second-order valence-corrected chi connectivity index (χ2v) is 5.89. The first-order valence-corrected chi connectivity index (χ1v) is 7.56. The van der Waals surface area contributed by atoms with Gasteiger partial charge >= 0.3 is 5.97 Å². The van der Waals surface area contributed by atoms with Crippen molar-refractivity contribution in [3.63, 3.8) is 0 Å². The van der Waals surface area contributed by atoms with Crippen molar-refractivity contribution in [2.45, 2.75) is 19.8 Å². The van der Waals surface area contributed by atoms with Crippen molar-refractivity contribution in [2.75, 3.05) is 32.8 Å². The fourth-order valence-electron chi connectivity index (χ4n) is 1.89. The molecule has 0 saturated carbocycles. The molecule has 1 aliphatic heterocycles. The van der Waals surface area contributed by atoms with Crippen LogP contribution in [-0.4, -0.2) is 51.5 Å². The number of ether oxygens (including phenoxy) is 1. The molecule has 7 nitrogen and oxygen atoms in total. The fourth-order valence-corrected chi connectivity index (χ4v) is 3.20. The van der Waals surface area contributed by atoms with Gasteiger partial charge in [-0.15, -0.1) is 0 Å². The van der Waals surface area contributed by atoms with Gasteiger partial charge < -0.3 is 10.5 Å². The maximum atomic E-state index is 11.9. The minimum Gasteiger partial charge on any atom is -0.466 e. The van der Waals surface area contributed by atoms with E-state index in [1.54, 1.807) is 6.92 Å². The molecule has 106 valence electrons. The lowest BCUT2D eigenvalue weighted by Gasteiger charge is -2.30. The molecule has 1 saturated heterocycles. The highest BCUT2D eigenvalue weighted by Gasteiger charge is 2.32. The highest BCUT2D eigenvalue weighted by Crippen LogP contribution is 2.19. The minimum atomic E-state index is -3.53. The van der Waals surface area contributed by atoms with Crippen molar-refractivity contribution in [1.29, 1.82) is 0 Å². The Balaban J connectivity index is 2.60. The van der Waals surface area contributed by atoms with Crippen molar-refractivity contribution in [3.05, 3.63) is 0 Å². The van der Waals surface area contributed by atoms with Crippen LogP contribution < -0.4 is 10.5 Å². The predicted octanol–water partition coefficient (Wildman–Crippen LogP) is -0.945. The van der Waals surface area contributed by atoms with Gasteiger partial charge in [-0.05, 0) is 19.8 Å². The Kier molecular flexibility index (Phi) is 6.00. The lowest BCUT2D eigenvalue weighted by molar-refractivity contribution is -0.149. The van der Waals surface area contributed by atoms with Gasteiger partial charge in [-0.3, -0.25) is 4.79 Å². The standard InChI is InChI=1S/C10H21N3O4S/c1-2-17-10(14)9-4-3-7-13(8-9)18(15,16)12-6-5-11/h9,12H,2-8,11H2,1H3. The number of hydrogen-bond acceptors (Lipinski definition) is 5. The Hall–Kier alpha value is -0.700. The Morgan fingerprint density at radius 3 is 2.89 bits per heavy atom. The van der Waals surface area contributed by atoms with Crippen molar-refractivity contribution in [2.24, 2.45) is 11.7 Å². The molecule has 1 aliphatic rings. The molecular weight excluding hydrogens is 258 g/mol. The van der Waals surface area contributed by atoms with E-state index in [9.17, 15) is 13.2 Å². The maximum Gasteiger partial charge on any atom is 0.310 e. The number of carbonyl (C=O) groups excluding carboxylic acids is 1. The first-order chi connectivity index (χ1) is 8.51. The van der Waals surface area contributed by atoms with Crippen LogP contribution in [0.3, 0.4) is 0 Å². The summed E-state index contributed by atoms with van der Waals surface area (Å²) in [6.45, 7) is 3.09. The molecule has 0 amide bonds. The summed E-state index contributed by atoms with van der Waals surface area (Å²) in [6.07, 6.45) is 1.33. The van der Waals surface area contributed by atoms with Gasteiger partial charge in [0.2, 0.25) is 0 Å². The van der Waals surface area contributed by atoms with E-state index in [4.69, 9.17) is 10.5 Å². The zero-order valence-electron chi connectivity index (χ0n) is 10.6. The van der Waals surface area contributed by atoms with Crippen LogP contribution in [0, 0.1) is 5.92 Å². The molecule has 0 spiro atoms. The molecule has 0 aliphatic carbocycles. The van der Waals surface area contributed by atoms with E-state index in [1.165, 1.54) is 4.31 Å². The van der Waals surface area contributed by atoms with E-state index in [-0.39, 0.29) is 31.5 Å². The monoisotopic (exact) mass is 279 g/mol. The third-order valence-corrected chi connectivity index (χ3v) is 4.35. The number of nitrogens with zero attached hydrogens (tertiary/aromatic N) is 1. The third kappa shape index (κ3) is 4.20. The normalized spacial score (nSPS) is 21.8. The average Bonchev–Trinajstić information content (AvgIpc) is 2.37. The molecule has 1 fully saturated rings. The third-order valence-electron chi connectivity index (χ3n) is 2.77. The number of carbonyl (C=O) groups is 1. The summed E-state index contributed by atoms with van der Waals surface area (Å²) >= 11 is 0. The van der Waals surface area contributed by atoms with E-state index in [0.29, 0.717) is 26.0 Å². The molecule has 0 aromatic heterocycles. The summed E-state index contributed by atoms with van der Waals surface area (Å²) < 4.78 is 32.4. The van der Waals surface area contributed by atoms with Crippen LogP contribution in [0.15, 0.2) is 0 Å². The zero-order chi connectivity index (χ0) is 13.6. The summed E-state index contributed by atoms with van der Waals surface area (Å²) in [5.41, 5.74) is 5.26. The Morgan fingerprint density at radius 2 is 2.28 bits per heavy atom. The van der Waals surface area contributed by atoms with Gasteiger partial charge in [0, 0.05) is 26.2 Å². The first-order valence-electron chi connectivity index (χ1n) is 6.12. The first kappa shape index (κ1) is 15.4.